The molecule has 1 atom stereocenters. The molecule has 0 radical (unpaired) electrons. The molecule has 0 spiro atoms. The van der Waals surface area contributed by atoms with Crippen LogP contribution in [0, 0.1) is 0 Å². The van der Waals surface area contributed by atoms with Crippen LogP contribution in [0.25, 0.3) is 11.1 Å². The molecule has 23 heavy (non-hydrogen) atoms. The van der Waals surface area contributed by atoms with Crippen molar-refractivity contribution in [2.75, 3.05) is 0 Å². The molecule has 114 valence electrons. The zero-order valence-electron chi connectivity index (χ0n) is 12.7. The molecule has 3 aromatic rings. The molecule has 2 aromatic carbocycles. The minimum atomic E-state index is 0.0283. The average Bonchev–Trinajstić information content (AvgIpc) is 3.23. The number of aryl methyl sites for hydroxylation is 1. The van der Waals surface area contributed by atoms with Crippen LogP contribution in [-0.2, 0) is 6.42 Å². The van der Waals surface area contributed by atoms with Gasteiger partial charge in [0.05, 0.1) is 10.9 Å². The summed E-state index contributed by atoms with van der Waals surface area (Å²) in [4.78, 5) is 13.6. The van der Waals surface area contributed by atoms with Crippen LogP contribution in [0.1, 0.15) is 33.3 Å². The molecule has 0 fully saturated rings. The fourth-order valence-electron chi connectivity index (χ4n) is 3.26. The molecule has 0 bridgehead atoms. The lowest BCUT2D eigenvalue weighted by molar-refractivity contribution is 0.0941. The fraction of sp³-hybridized carbons (Fsp3) is 0.150. The Kier molecular flexibility index (Phi) is 3.72. The summed E-state index contributed by atoms with van der Waals surface area (Å²) in [5.74, 6) is 0.0283. The van der Waals surface area contributed by atoms with Gasteiger partial charge in [-0.15, -0.1) is 11.3 Å². The third-order valence-corrected chi connectivity index (χ3v) is 5.31. The second kappa shape index (κ2) is 6.01. The number of fused-ring (bicyclic) bond motifs is 1. The quantitative estimate of drug-likeness (QED) is 0.736. The van der Waals surface area contributed by atoms with Gasteiger partial charge in [0.15, 0.2) is 0 Å². The van der Waals surface area contributed by atoms with E-state index in [2.05, 4.69) is 23.5 Å². The largest absolute Gasteiger partial charge is 0.344 e. The van der Waals surface area contributed by atoms with Gasteiger partial charge in [0.1, 0.15) is 0 Å². The highest BCUT2D eigenvalue weighted by atomic mass is 32.1. The van der Waals surface area contributed by atoms with Crippen LogP contribution in [-0.4, -0.2) is 5.91 Å². The summed E-state index contributed by atoms with van der Waals surface area (Å²) in [5, 5.41) is 5.21. The summed E-state index contributed by atoms with van der Waals surface area (Å²) >= 11 is 1.51. The van der Waals surface area contributed by atoms with E-state index in [9.17, 15) is 4.79 Å². The molecular weight excluding hydrogens is 302 g/mol. The standard InChI is InChI=1S/C20H17NOS/c22-20(21-18-11-10-15-8-4-5-9-16(15)18)19-17(12-13-23-19)14-6-2-1-3-7-14/h1-9,12-13,18H,10-11H2,(H,21,22). The summed E-state index contributed by atoms with van der Waals surface area (Å²) in [6.45, 7) is 0. The molecule has 3 heteroatoms. The second-order valence-corrected chi connectivity index (χ2v) is 6.71. The highest BCUT2D eigenvalue weighted by molar-refractivity contribution is 7.12. The first-order valence-corrected chi connectivity index (χ1v) is 8.72. The first kappa shape index (κ1) is 14.2. The Balaban J connectivity index is 1.59. The Morgan fingerprint density at radius 1 is 1.00 bits per heavy atom. The number of amides is 1. The van der Waals surface area contributed by atoms with Crippen molar-refractivity contribution in [2.45, 2.75) is 18.9 Å². The average molecular weight is 319 g/mol. The minimum Gasteiger partial charge on any atom is -0.344 e. The van der Waals surface area contributed by atoms with Crippen LogP contribution in [0.3, 0.4) is 0 Å². The predicted molar refractivity (Wildman–Crippen MR) is 94.7 cm³/mol. The number of benzene rings is 2. The van der Waals surface area contributed by atoms with Crippen molar-refractivity contribution in [1.82, 2.24) is 5.32 Å². The molecule has 1 unspecified atom stereocenters. The molecular formula is C20H17NOS. The van der Waals surface area contributed by atoms with E-state index in [-0.39, 0.29) is 11.9 Å². The highest BCUT2D eigenvalue weighted by Crippen LogP contribution is 2.33. The number of hydrogen-bond donors (Lipinski definition) is 1. The second-order valence-electron chi connectivity index (χ2n) is 5.79. The van der Waals surface area contributed by atoms with E-state index in [0.717, 1.165) is 28.8 Å². The van der Waals surface area contributed by atoms with Gasteiger partial charge in [-0.1, -0.05) is 54.6 Å². The first-order valence-electron chi connectivity index (χ1n) is 7.84. The molecule has 1 heterocycles. The predicted octanol–water partition coefficient (Wildman–Crippen LogP) is 4.83. The molecule has 4 rings (SSSR count). The van der Waals surface area contributed by atoms with E-state index in [1.165, 1.54) is 22.5 Å². The van der Waals surface area contributed by atoms with Gasteiger partial charge in [-0.3, -0.25) is 4.79 Å². The smallest absolute Gasteiger partial charge is 0.262 e. The molecule has 1 aliphatic rings. The number of hydrogen-bond acceptors (Lipinski definition) is 2. The lowest BCUT2D eigenvalue weighted by Crippen LogP contribution is -2.26. The molecule has 0 saturated carbocycles. The zero-order chi connectivity index (χ0) is 15.6. The van der Waals surface area contributed by atoms with Crippen LogP contribution in [0.5, 0.6) is 0 Å². The number of carbonyl (C=O) groups is 1. The molecule has 0 aliphatic heterocycles. The molecule has 0 saturated heterocycles. The Morgan fingerprint density at radius 3 is 2.65 bits per heavy atom. The van der Waals surface area contributed by atoms with E-state index in [1.807, 2.05) is 47.8 Å². The molecule has 1 amide bonds. The van der Waals surface area contributed by atoms with Crippen molar-refractivity contribution in [3.8, 4) is 11.1 Å². The van der Waals surface area contributed by atoms with Crippen molar-refractivity contribution in [1.29, 1.82) is 0 Å². The lowest BCUT2D eigenvalue weighted by atomic mass is 10.1. The van der Waals surface area contributed by atoms with Crippen LogP contribution >= 0.6 is 11.3 Å². The Morgan fingerprint density at radius 2 is 1.78 bits per heavy atom. The Hall–Kier alpha value is -2.39. The molecule has 1 N–H and O–H groups in total. The van der Waals surface area contributed by atoms with E-state index in [0.29, 0.717) is 0 Å². The van der Waals surface area contributed by atoms with E-state index >= 15 is 0 Å². The lowest BCUT2D eigenvalue weighted by Gasteiger charge is -2.14. The van der Waals surface area contributed by atoms with Crippen molar-refractivity contribution >= 4 is 17.2 Å². The number of rotatable bonds is 3. The van der Waals surface area contributed by atoms with Crippen molar-refractivity contribution in [3.05, 3.63) is 82.0 Å². The highest BCUT2D eigenvalue weighted by Gasteiger charge is 2.25. The Labute approximate surface area is 139 Å². The summed E-state index contributed by atoms with van der Waals surface area (Å²) in [6, 6.07) is 20.6. The summed E-state index contributed by atoms with van der Waals surface area (Å²) in [5.41, 5.74) is 4.72. The monoisotopic (exact) mass is 319 g/mol. The third-order valence-electron chi connectivity index (χ3n) is 4.39. The van der Waals surface area contributed by atoms with Gasteiger partial charge >= 0.3 is 0 Å². The SMILES string of the molecule is O=C(NC1CCc2ccccc21)c1sccc1-c1ccccc1. The van der Waals surface area contributed by atoms with Gasteiger partial charge < -0.3 is 5.32 Å². The van der Waals surface area contributed by atoms with E-state index in [4.69, 9.17) is 0 Å². The van der Waals surface area contributed by atoms with Crippen LogP contribution in [0.15, 0.2) is 66.0 Å². The topological polar surface area (TPSA) is 29.1 Å². The normalized spacial score (nSPS) is 16.1. The summed E-state index contributed by atoms with van der Waals surface area (Å²) in [6.07, 6.45) is 2.02. The van der Waals surface area contributed by atoms with Gasteiger partial charge in [-0.2, -0.15) is 0 Å². The maximum absolute atomic E-state index is 12.8. The van der Waals surface area contributed by atoms with Crippen molar-refractivity contribution in [3.63, 3.8) is 0 Å². The van der Waals surface area contributed by atoms with Gasteiger partial charge in [0, 0.05) is 5.56 Å². The molecule has 1 aliphatic carbocycles. The van der Waals surface area contributed by atoms with Gasteiger partial charge in [-0.05, 0) is 41.0 Å². The zero-order valence-corrected chi connectivity index (χ0v) is 13.5. The third kappa shape index (κ3) is 2.68. The van der Waals surface area contributed by atoms with Gasteiger partial charge in [-0.25, -0.2) is 0 Å². The number of carbonyl (C=O) groups excluding carboxylic acids is 1. The van der Waals surface area contributed by atoms with E-state index in [1.54, 1.807) is 0 Å². The Bertz CT molecular complexity index is 838. The first-order chi connectivity index (χ1) is 11.3. The van der Waals surface area contributed by atoms with Crippen molar-refractivity contribution < 1.29 is 4.79 Å². The maximum atomic E-state index is 12.8. The summed E-state index contributed by atoms with van der Waals surface area (Å²) in [7, 11) is 0. The number of thiophene rings is 1. The van der Waals surface area contributed by atoms with Crippen molar-refractivity contribution in [2.24, 2.45) is 0 Å². The van der Waals surface area contributed by atoms with Crippen LogP contribution < -0.4 is 5.32 Å². The maximum Gasteiger partial charge on any atom is 0.262 e. The van der Waals surface area contributed by atoms with Gasteiger partial charge in [0.2, 0.25) is 0 Å². The van der Waals surface area contributed by atoms with Crippen LogP contribution in [0.2, 0.25) is 0 Å². The summed E-state index contributed by atoms with van der Waals surface area (Å²) < 4.78 is 0. The van der Waals surface area contributed by atoms with Crippen LogP contribution in [0.4, 0.5) is 0 Å². The van der Waals surface area contributed by atoms with Gasteiger partial charge in [0.25, 0.3) is 5.91 Å². The molecule has 2 nitrogen and oxygen atoms in total. The van der Waals surface area contributed by atoms with E-state index < -0.39 is 0 Å². The number of nitrogens with one attached hydrogen (secondary N) is 1. The minimum absolute atomic E-state index is 0.0283. The fourth-order valence-corrected chi connectivity index (χ4v) is 4.08. The molecule has 1 aromatic heterocycles.